The molecule has 1 aromatic carbocycles. The normalized spacial score (nSPS) is 24.6. The quantitative estimate of drug-likeness (QED) is 0.372. The highest BCUT2D eigenvalue weighted by Gasteiger charge is 2.22. The summed E-state index contributed by atoms with van der Waals surface area (Å²) in [7, 11) is 0. The maximum atomic E-state index is 8.75. The number of hydrogen-bond donors (Lipinski definition) is 2. The minimum Gasteiger partial charge on any atom is -0.409 e. The zero-order chi connectivity index (χ0) is 14.0. The monoisotopic (exact) mass is 261 g/mol. The average molecular weight is 261 g/mol. The van der Waals surface area contributed by atoms with Crippen LogP contribution in [0.25, 0.3) is 0 Å². The van der Waals surface area contributed by atoms with Crippen LogP contribution in [0.1, 0.15) is 31.4 Å². The first-order chi connectivity index (χ1) is 9.01. The van der Waals surface area contributed by atoms with E-state index in [2.05, 4.69) is 36.0 Å². The Morgan fingerprint density at radius 3 is 2.47 bits per heavy atom. The first-order valence-electron chi connectivity index (χ1n) is 6.84. The van der Waals surface area contributed by atoms with Crippen molar-refractivity contribution in [3.8, 4) is 0 Å². The maximum Gasteiger partial charge on any atom is 0.170 e. The van der Waals surface area contributed by atoms with Crippen LogP contribution in [0.5, 0.6) is 0 Å². The van der Waals surface area contributed by atoms with E-state index in [0.29, 0.717) is 0 Å². The molecule has 1 heterocycles. The molecule has 0 aromatic heterocycles. The summed E-state index contributed by atoms with van der Waals surface area (Å²) in [5, 5.41) is 11.8. The van der Waals surface area contributed by atoms with E-state index in [4.69, 9.17) is 10.9 Å². The van der Waals surface area contributed by atoms with Crippen molar-refractivity contribution in [1.82, 2.24) is 0 Å². The third kappa shape index (κ3) is 3.00. The van der Waals surface area contributed by atoms with E-state index in [1.165, 1.54) is 12.1 Å². The second-order valence-corrected chi connectivity index (χ2v) is 5.84. The number of hydrogen-bond acceptors (Lipinski definition) is 3. The summed E-state index contributed by atoms with van der Waals surface area (Å²) in [6, 6.07) is 6.12. The van der Waals surface area contributed by atoms with Gasteiger partial charge in [0.05, 0.1) is 0 Å². The SMILES string of the molecule is Cc1cc(N2CC(C)CC(C)C2)ccc1/C(N)=N/O. The molecule has 19 heavy (non-hydrogen) atoms. The van der Waals surface area contributed by atoms with Gasteiger partial charge in [-0.05, 0) is 48.9 Å². The lowest BCUT2D eigenvalue weighted by atomic mass is 9.91. The van der Waals surface area contributed by atoms with Crippen LogP contribution < -0.4 is 10.6 Å². The molecular formula is C15H23N3O. The van der Waals surface area contributed by atoms with Gasteiger partial charge in [-0.1, -0.05) is 19.0 Å². The minimum absolute atomic E-state index is 0.171. The van der Waals surface area contributed by atoms with Crippen LogP contribution in [0.3, 0.4) is 0 Å². The number of benzene rings is 1. The number of nitrogens with zero attached hydrogens (tertiary/aromatic N) is 2. The molecule has 2 atom stereocenters. The fourth-order valence-corrected chi connectivity index (χ4v) is 3.06. The van der Waals surface area contributed by atoms with Crippen molar-refractivity contribution in [3.63, 3.8) is 0 Å². The van der Waals surface area contributed by atoms with Gasteiger partial charge < -0.3 is 15.8 Å². The van der Waals surface area contributed by atoms with E-state index in [9.17, 15) is 0 Å². The largest absolute Gasteiger partial charge is 0.409 e. The molecule has 0 saturated carbocycles. The maximum absolute atomic E-state index is 8.75. The molecule has 0 radical (unpaired) electrons. The number of anilines is 1. The van der Waals surface area contributed by atoms with Gasteiger partial charge in [-0.2, -0.15) is 0 Å². The van der Waals surface area contributed by atoms with Crippen molar-refractivity contribution in [1.29, 1.82) is 0 Å². The van der Waals surface area contributed by atoms with Crippen LogP contribution >= 0.6 is 0 Å². The fourth-order valence-electron chi connectivity index (χ4n) is 3.06. The van der Waals surface area contributed by atoms with Gasteiger partial charge in [-0.15, -0.1) is 0 Å². The van der Waals surface area contributed by atoms with Crippen LogP contribution in [0.4, 0.5) is 5.69 Å². The number of aryl methyl sites for hydroxylation is 1. The lowest BCUT2D eigenvalue weighted by Crippen LogP contribution is -2.38. The Hall–Kier alpha value is -1.71. The van der Waals surface area contributed by atoms with Crippen LogP contribution in [0.2, 0.25) is 0 Å². The topological polar surface area (TPSA) is 61.8 Å². The van der Waals surface area contributed by atoms with Crippen molar-refractivity contribution >= 4 is 11.5 Å². The van der Waals surface area contributed by atoms with E-state index in [-0.39, 0.29) is 5.84 Å². The molecule has 0 bridgehead atoms. The third-order valence-corrected chi connectivity index (χ3v) is 3.83. The Morgan fingerprint density at radius 1 is 1.32 bits per heavy atom. The average Bonchev–Trinajstić information content (AvgIpc) is 2.36. The molecule has 1 fully saturated rings. The predicted octanol–water partition coefficient (Wildman–Crippen LogP) is 2.57. The summed E-state index contributed by atoms with van der Waals surface area (Å²) >= 11 is 0. The lowest BCUT2D eigenvalue weighted by Gasteiger charge is -2.36. The smallest absolute Gasteiger partial charge is 0.170 e. The van der Waals surface area contributed by atoms with Gasteiger partial charge in [-0.25, -0.2) is 0 Å². The van der Waals surface area contributed by atoms with Gasteiger partial charge in [-0.3, -0.25) is 0 Å². The standard InChI is InChI=1S/C15H23N3O/c1-10-6-11(2)9-18(8-10)13-4-5-14(12(3)7-13)15(16)17-19/h4-5,7,10-11,19H,6,8-9H2,1-3H3,(H2,16,17). The molecular weight excluding hydrogens is 238 g/mol. The zero-order valence-electron chi connectivity index (χ0n) is 11.9. The van der Waals surface area contributed by atoms with Crippen molar-refractivity contribution < 1.29 is 5.21 Å². The van der Waals surface area contributed by atoms with E-state index in [1.54, 1.807) is 0 Å². The fraction of sp³-hybridized carbons (Fsp3) is 0.533. The Labute approximate surface area is 114 Å². The van der Waals surface area contributed by atoms with Gasteiger partial charge in [0.15, 0.2) is 5.84 Å². The molecule has 1 aliphatic rings. The second-order valence-electron chi connectivity index (χ2n) is 5.84. The van der Waals surface area contributed by atoms with E-state index < -0.39 is 0 Å². The molecule has 4 heteroatoms. The first kappa shape index (κ1) is 13.7. The predicted molar refractivity (Wildman–Crippen MR) is 78.8 cm³/mol. The molecule has 4 nitrogen and oxygen atoms in total. The van der Waals surface area contributed by atoms with Gasteiger partial charge in [0.2, 0.25) is 0 Å². The van der Waals surface area contributed by atoms with Crippen LogP contribution in [0, 0.1) is 18.8 Å². The zero-order valence-corrected chi connectivity index (χ0v) is 11.9. The van der Waals surface area contributed by atoms with E-state index >= 15 is 0 Å². The molecule has 0 amide bonds. The molecule has 2 rings (SSSR count). The molecule has 104 valence electrons. The van der Waals surface area contributed by atoms with Gasteiger partial charge in [0.25, 0.3) is 0 Å². The van der Waals surface area contributed by atoms with Crippen molar-refractivity contribution in [2.45, 2.75) is 27.2 Å². The summed E-state index contributed by atoms with van der Waals surface area (Å²) in [5.41, 5.74) is 8.72. The van der Waals surface area contributed by atoms with Gasteiger partial charge >= 0.3 is 0 Å². The molecule has 1 aliphatic heterocycles. The Morgan fingerprint density at radius 2 is 1.95 bits per heavy atom. The van der Waals surface area contributed by atoms with Crippen LogP contribution in [0.15, 0.2) is 23.4 Å². The number of piperidine rings is 1. The highest BCUT2D eigenvalue weighted by Crippen LogP contribution is 2.27. The third-order valence-electron chi connectivity index (χ3n) is 3.83. The van der Waals surface area contributed by atoms with Crippen molar-refractivity contribution in [3.05, 3.63) is 29.3 Å². The van der Waals surface area contributed by atoms with Gasteiger partial charge in [0.1, 0.15) is 0 Å². The highest BCUT2D eigenvalue weighted by molar-refractivity contribution is 5.98. The summed E-state index contributed by atoms with van der Waals surface area (Å²) in [6.07, 6.45) is 1.30. The molecule has 0 spiro atoms. The number of oxime groups is 1. The highest BCUT2D eigenvalue weighted by atomic mass is 16.4. The lowest BCUT2D eigenvalue weighted by molar-refractivity contribution is 0.318. The molecule has 3 N–H and O–H groups in total. The Bertz CT molecular complexity index is 474. The molecule has 2 unspecified atom stereocenters. The Kier molecular flexibility index (Phi) is 3.98. The first-order valence-corrected chi connectivity index (χ1v) is 6.84. The van der Waals surface area contributed by atoms with Crippen molar-refractivity contribution in [2.24, 2.45) is 22.7 Å². The number of amidine groups is 1. The van der Waals surface area contributed by atoms with Crippen LogP contribution in [-0.4, -0.2) is 24.1 Å². The van der Waals surface area contributed by atoms with Gasteiger partial charge in [0, 0.05) is 24.3 Å². The second kappa shape index (κ2) is 5.51. The molecule has 1 aromatic rings. The van der Waals surface area contributed by atoms with E-state index in [1.807, 2.05) is 13.0 Å². The Balaban J connectivity index is 2.24. The van der Waals surface area contributed by atoms with Crippen LogP contribution in [-0.2, 0) is 0 Å². The minimum atomic E-state index is 0.171. The molecule has 1 saturated heterocycles. The summed E-state index contributed by atoms with van der Waals surface area (Å²) in [6.45, 7) is 8.81. The van der Waals surface area contributed by atoms with Crippen molar-refractivity contribution in [2.75, 3.05) is 18.0 Å². The summed E-state index contributed by atoms with van der Waals surface area (Å²) in [4.78, 5) is 2.43. The summed E-state index contributed by atoms with van der Waals surface area (Å²) in [5.74, 6) is 1.63. The summed E-state index contributed by atoms with van der Waals surface area (Å²) < 4.78 is 0. The number of rotatable bonds is 2. The number of nitrogens with two attached hydrogens (primary N) is 1. The van der Waals surface area contributed by atoms with E-state index in [0.717, 1.165) is 36.1 Å². The molecule has 0 aliphatic carbocycles.